The fourth-order valence-electron chi connectivity index (χ4n) is 1.72. The quantitative estimate of drug-likeness (QED) is 0.816. The van der Waals surface area contributed by atoms with Gasteiger partial charge in [0.1, 0.15) is 11.5 Å². The Labute approximate surface area is 140 Å². The average Bonchev–Trinajstić information content (AvgIpc) is 2.46. The first kappa shape index (κ1) is 17.3. The van der Waals surface area contributed by atoms with E-state index in [0.717, 1.165) is 0 Å². The summed E-state index contributed by atoms with van der Waals surface area (Å²) in [5.41, 5.74) is 0.116. The molecule has 1 amide bonds. The Morgan fingerprint density at radius 3 is 2.43 bits per heavy atom. The van der Waals surface area contributed by atoms with Crippen LogP contribution in [0.25, 0.3) is 0 Å². The predicted octanol–water partition coefficient (Wildman–Crippen LogP) is 4.61. The Hall–Kier alpha value is -2.05. The number of para-hydroxylation sites is 2. The lowest BCUT2D eigenvalue weighted by atomic mass is 10.3. The molecule has 0 heterocycles. The standard InChI is InChI=1S/C15H11Cl2F2NO3/c16-9-5-10(17)7-11(6-9)22-8-14(21)20-12-3-1-2-4-13(12)23-15(18)19/h1-7,15H,8H2,(H,20,21). The van der Waals surface area contributed by atoms with Crippen LogP contribution in [-0.4, -0.2) is 19.1 Å². The summed E-state index contributed by atoms with van der Waals surface area (Å²) in [4.78, 5) is 11.8. The Kier molecular flexibility index (Phi) is 6.01. The highest BCUT2D eigenvalue weighted by atomic mass is 35.5. The van der Waals surface area contributed by atoms with Crippen LogP contribution in [0.5, 0.6) is 11.5 Å². The van der Waals surface area contributed by atoms with Gasteiger partial charge < -0.3 is 14.8 Å². The number of anilines is 1. The molecule has 0 aromatic heterocycles. The van der Waals surface area contributed by atoms with Gasteiger partial charge in [-0.15, -0.1) is 0 Å². The number of amides is 1. The van der Waals surface area contributed by atoms with Crippen molar-refractivity contribution in [2.45, 2.75) is 6.61 Å². The summed E-state index contributed by atoms with van der Waals surface area (Å²) in [6, 6.07) is 10.4. The molecule has 8 heteroatoms. The molecule has 0 atom stereocenters. The summed E-state index contributed by atoms with van der Waals surface area (Å²) in [7, 11) is 0. The smallest absolute Gasteiger partial charge is 0.387 e. The van der Waals surface area contributed by atoms with Crippen LogP contribution >= 0.6 is 23.2 Å². The molecule has 0 spiro atoms. The average molecular weight is 362 g/mol. The fourth-order valence-corrected chi connectivity index (χ4v) is 2.22. The molecular weight excluding hydrogens is 351 g/mol. The number of ether oxygens (including phenoxy) is 2. The minimum absolute atomic E-state index is 0.116. The maximum absolute atomic E-state index is 12.3. The van der Waals surface area contributed by atoms with Crippen LogP contribution in [0.4, 0.5) is 14.5 Å². The highest BCUT2D eigenvalue weighted by Gasteiger charge is 2.12. The second kappa shape index (κ2) is 7.99. The molecule has 0 aliphatic rings. The zero-order valence-electron chi connectivity index (χ0n) is 11.6. The van der Waals surface area contributed by atoms with E-state index in [0.29, 0.717) is 15.8 Å². The van der Waals surface area contributed by atoms with Gasteiger partial charge in [-0.25, -0.2) is 0 Å². The van der Waals surface area contributed by atoms with E-state index in [1.54, 1.807) is 6.07 Å². The van der Waals surface area contributed by atoms with Crippen LogP contribution in [0.15, 0.2) is 42.5 Å². The molecule has 23 heavy (non-hydrogen) atoms. The Morgan fingerprint density at radius 1 is 1.13 bits per heavy atom. The molecule has 2 aromatic carbocycles. The van der Waals surface area contributed by atoms with Gasteiger partial charge in [-0.2, -0.15) is 8.78 Å². The number of carbonyl (C=O) groups is 1. The first-order chi connectivity index (χ1) is 10.9. The van der Waals surface area contributed by atoms with E-state index < -0.39 is 12.5 Å². The van der Waals surface area contributed by atoms with Crippen LogP contribution < -0.4 is 14.8 Å². The molecule has 0 bridgehead atoms. The molecule has 2 rings (SSSR count). The van der Waals surface area contributed by atoms with Crippen molar-refractivity contribution in [1.29, 1.82) is 0 Å². The lowest BCUT2D eigenvalue weighted by molar-refractivity contribution is -0.118. The number of carbonyl (C=O) groups excluding carboxylic acids is 1. The van der Waals surface area contributed by atoms with Gasteiger partial charge in [-0.1, -0.05) is 35.3 Å². The van der Waals surface area contributed by atoms with E-state index in [2.05, 4.69) is 10.1 Å². The van der Waals surface area contributed by atoms with Crippen molar-refractivity contribution in [3.63, 3.8) is 0 Å². The summed E-state index contributed by atoms with van der Waals surface area (Å²) in [6.45, 7) is -3.34. The number of alkyl halides is 2. The minimum atomic E-state index is -2.99. The summed E-state index contributed by atoms with van der Waals surface area (Å²) in [5.74, 6) is -0.372. The van der Waals surface area contributed by atoms with Crippen molar-refractivity contribution >= 4 is 34.8 Å². The lowest BCUT2D eigenvalue weighted by Crippen LogP contribution is -2.20. The number of benzene rings is 2. The maximum atomic E-state index is 12.3. The molecule has 0 unspecified atom stereocenters. The highest BCUT2D eigenvalue weighted by molar-refractivity contribution is 6.34. The van der Waals surface area contributed by atoms with E-state index in [1.807, 2.05) is 0 Å². The van der Waals surface area contributed by atoms with Crippen LogP contribution in [-0.2, 0) is 4.79 Å². The van der Waals surface area contributed by atoms with E-state index in [1.165, 1.54) is 36.4 Å². The number of nitrogens with one attached hydrogen (secondary N) is 1. The van der Waals surface area contributed by atoms with Crippen molar-refractivity contribution in [3.05, 3.63) is 52.5 Å². The van der Waals surface area contributed by atoms with Crippen LogP contribution in [0.3, 0.4) is 0 Å². The van der Waals surface area contributed by atoms with Gasteiger partial charge in [0.2, 0.25) is 0 Å². The SMILES string of the molecule is O=C(COc1cc(Cl)cc(Cl)c1)Nc1ccccc1OC(F)F. The van der Waals surface area contributed by atoms with Crippen molar-refractivity contribution in [2.75, 3.05) is 11.9 Å². The van der Waals surface area contributed by atoms with E-state index >= 15 is 0 Å². The normalized spacial score (nSPS) is 10.5. The predicted molar refractivity (Wildman–Crippen MR) is 83.7 cm³/mol. The first-order valence-electron chi connectivity index (χ1n) is 6.36. The molecule has 4 nitrogen and oxygen atoms in total. The molecule has 0 saturated carbocycles. The molecule has 0 radical (unpaired) electrons. The second-order valence-electron chi connectivity index (χ2n) is 4.32. The van der Waals surface area contributed by atoms with Gasteiger partial charge in [0.15, 0.2) is 6.61 Å². The Balaban J connectivity index is 1.97. The monoisotopic (exact) mass is 361 g/mol. The molecule has 2 aromatic rings. The van der Waals surface area contributed by atoms with Gasteiger partial charge in [0.25, 0.3) is 5.91 Å². The van der Waals surface area contributed by atoms with Gasteiger partial charge in [0, 0.05) is 10.0 Å². The third kappa shape index (κ3) is 5.58. The third-order valence-corrected chi connectivity index (χ3v) is 3.02. The van der Waals surface area contributed by atoms with E-state index in [4.69, 9.17) is 27.9 Å². The molecule has 0 fully saturated rings. The zero-order valence-corrected chi connectivity index (χ0v) is 13.1. The van der Waals surface area contributed by atoms with Crippen molar-refractivity contribution in [2.24, 2.45) is 0 Å². The Morgan fingerprint density at radius 2 is 1.78 bits per heavy atom. The van der Waals surface area contributed by atoms with Gasteiger partial charge in [-0.05, 0) is 30.3 Å². The lowest BCUT2D eigenvalue weighted by Gasteiger charge is -2.12. The number of rotatable bonds is 6. The highest BCUT2D eigenvalue weighted by Crippen LogP contribution is 2.26. The van der Waals surface area contributed by atoms with Gasteiger partial charge >= 0.3 is 6.61 Å². The third-order valence-electron chi connectivity index (χ3n) is 2.58. The minimum Gasteiger partial charge on any atom is -0.484 e. The summed E-state index contributed by atoms with van der Waals surface area (Å²) >= 11 is 11.6. The summed E-state index contributed by atoms with van der Waals surface area (Å²) in [6.07, 6.45) is 0. The molecule has 1 N–H and O–H groups in total. The maximum Gasteiger partial charge on any atom is 0.387 e. The summed E-state index contributed by atoms with van der Waals surface area (Å²) < 4.78 is 34.2. The molecule has 0 saturated heterocycles. The molecule has 122 valence electrons. The van der Waals surface area contributed by atoms with Crippen molar-refractivity contribution in [1.82, 2.24) is 0 Å². The molecule has 0 aliphatic carbocycles. The van der Waals surface area contributed by atoms with E-state index in [9.17, 15) is 13.6 Å². The van der Waals surface area contributed by atoms with E-state index in [-0.39, 0.29) is 18.0 Å². The van der Waals surface area contributed by atoms with Crippen molar-refractivity contribution < 1.29 is 23.0 Å². The van der Waals surface area contributed by atoms with Crippen molar-refractivity contribution in [3.8, 4) is 11.5 Å². The summed E-state index contributed by atoms with van der Waals surface area (Å²) in [5, 5.41) is 3.16. The largest absolute Gasteiger partial charge is 0.484 e. The first-order valence-corrected chi connectivity index (χ1v) is 7.12. The fraction of sp³-hybridized carbons (Fsp3) is 0.133. The van der Waals surface area contributed by atoms with Crippen LogP contribution in [0.2, 0.25) is 10.0 Å². The second-order valence-corrected chi connectivity index (χ2v) is 5.19. The topological polar surface area (TPSA) is 47.6 Å². The van der Waals surface area contributed by atoms with Gasteiger partial charge in [-0.3, -0.25) is 4.79 Å². The number of halogens is 4. The number of hydrogen-bond acceptors (Lipinski definition) is 3. The molecule has 0 aliphatic heterocycles. The number of hydrogen-bond donors (Lipinski definition) is 1. The van der Waals surface area contributed by atoms with Crippen LogP contribution in [0.1, 0.15) is 0 Å². The van der Waals surface area contributed by atoms with Crippen LogP contribution in [0, 0.1) is 0 Å². The van der Waals surface area contributed by atoms with Gasteiger partial charge in [0.05, 0.1) is 5.69 Å². The Bertz CT molecular complexity index is 678. The molecular formula is C15H11Cl2F2NO3. The zero-order chi connectivity index (χ0) is 16.8.